The smallest absolute Gasteiger partial charge is 0.238 e. The minimum atomic E-state index is -0.0255. The Morgan fingerprint density at radius 3 is 2.88 bits per heavy atom. The van der Waals surface area contributed by atoms with Gasteiger partial charge in [0.15, 0.2) is 0 Å². The van der Waals surface area contributed by atoms with Crippen molar-refractivity contribution in [1.29, 1.82) is 0 Å². The average molecular weight is 270 g/mol. The van der Waals surface area contributed by atoms with Gasteiger partial charge in [0.05, 0.1) is 12.1 Å². The molecule has 1 aromatic rings. The van der Waals surface area contributed by atoms with Crippen LogP contribution in [0.3, 0.4) is 0 Å². The molecular formula is C12H18N2OS2. The molecule has 5 heteroatoms. The fourth-order valence-electron chi connectivity index (χ4n) is 2.04. The minimum absolute atomic E-state index is 0.0255. The van der Waals surface area contributed by atoms with Gasteiger partial charge >= 0.3 is 0 Å². The largest absolute Gasteiger partial charge is 0.348 e. The van der Waals surface area contributed by atoms with Crippen molar-refractivity contribution in [2.75, 3.05) is 11.6 Å². The fourth-order valence-corrected chi connectivity index (χ4v) is 4.00. The molecule has 1 amide bonds. The predicted octanol–water partition coefficient (Wildman–Crippen LogP) is 2.20. The number of carbonyl (C=O) groups is 1. The summed E-state index contributed by atoms with van der Waals surface area (Å²) in [6.45, 7) is 6.26. The number of thiophene rings is 1. The highest BCUT2D eigenvalue weighted by molar-refractivity contribution is 7.99. The van der Waals surface area contributed by atoms with E-state index in [-0.39, 0.29) is 18.0 Å². The van der Waals surface area contributed by atoms with Crippen LogP contribution in [0.25, 0.3) is 0 Å². The Morgan fingerprint density at radius 2 is 2.35 bits per heavy atom. The number of hydrogen-bond acceptors (Lipinski definition) is 4. The van der Waals surface area contributed by atoms with Gasteiger partial charge in [-0.25, -0.2) is 0 Å². The number of hydrogen-bond donors (Lipinski definition) is 2. The van der Waals surface area contributed by atoms with E-state index in [9.17, 15) is 4.79 Å². The number of amides is 1. The second-order valence-corrected chi connectivity index (χ2v) is 6.86. The fraction of sp³-hybridized carbons (Fsp3) is 0.583. The van der Waals surface area contributed by atoms with Crippen LogP contribution in [0.5, 0.6) is 0 Å². The molecule has 2 rings (SSSR count). The van der Waals surface area contributed by atoms with E-state index in [0.29, 0.717) is 0 Å². The van der Waals surface area contributed by atoms with Crippen molar-refractivity contribution in [3.63, 3.8) is 0 Å². The Kier molecular flexibility index (Phi) is 4.12. The third-order valence-corrected chi connectivity index (χ3v) is 4.86. The predicted molar refractivity (Wildman–Crippen MR) is 74.6 cm³/mol. The Labute approximate surface area is 110 Å². The molecule has 1 aromatic heterocycles. The van der Waals surface area contributed by atoms with Crippen LogP contribution in [0.4, 0.5) is 0 Å². The van der Waals surface area contributed by atoms with Crippen LogP contribution in [0.2, 0.25) is 0 Å². The van der Waals surface area contributed by atoms with Gasteiger partial charge in [-0.05, 0) is 32.4 Å². The van der Waals surface area contributed by atoms with Crippen LogP contribution in [-0.4, -0.2) is 23.6 Å². The first kappa shape index (κ1) is 12.9. The summed E-state index contributed by atoms with van der Waals surface area (Å²) < 4.78 is 0. The molecule has 1 fully saturated rings. The zero-order valence-electron chi connectivity index (χ0n) is 10.4. The summed E-state index contributed by atoms with van der Waals surface area (Å²) in [6, 6.07) is 2.24. The van der Waals surface area contributed by atoms with E-state index < -0.39 is 0 Å². The van der Waals surface area contributed by atoms with Gasteiger partial charge < -0.3 is 5.32 Å². The molecule has 0 aliphatic carbocycles. The highest BCUT2D eigenvalue weighted by Gasteiger charge is 2.24. The lowest BCUT2D eigenvalue weighted by Gasteiger charge is -2.17. The number of thioether (sulfide) groups is 1. The summed E-state index contributed by atoms with van der Waals surface area (Å²) in [5, 5.41) is 6.27. The maximum atomic E-state index is 12.0. The Hall–Kier alpha value is -0.520. The summed E-state index contributed by atoms with van der Waals surface area (Å²) in [6.07, 6.45) is 0. The van der Waals surface area contributed by atoms with Gasteiger partial charge in [-0.1, -0.05) is 0 Å². The first-order chi connectivity index (χ1) is 8.08. The van der Waals surface area contributed by atoms with Crippen molar-refractivity contribution in [2.45, 2.75) is 32.9 Å². The van der Waals surface area contributed by atoms with Gasteiger partial charge in [0.1, 0.15) is 0 Å². The Bertz CT molecular complexity index is 411. The topological polar surface area (TPSA) is 41.1 Å². The lowest BCUT2D eigenvalue weighted by molar-refractivity contribution is -0.123. The first-order valence-electron chi connectivity index (χ1n) is 5.76. The van der Waals surface area contributed by atoms with Crippen LogP contribution in [0, 0.1) is 13.8 Å². The van der Waals surface area contributed by atoms with Gasteiger partial charge in [0, 0.05) is 21.4 Å². The molecule has 0 spiro atoms. The second kappa shape index (κ2) is 5.42. The van der Waals surface area contributed by atoms with Gasteiger partial charge in [0.2, 0.25) is 5.91 Å². The number of carbonyl (C=O) groups excluding carboxylic acids is 1. The molecule has 1 aliphatic heterocycles. The third-order valence-electron chi connectivity index (χ3n) is 2.94. The molecule has 0 aromatic carbocycles. The number of rotatable bonds is 3. The molecule has 0 bridgehead atoms. The van der Waals surface area contributed by atoms with Gasteiger partial charge in [-0.3, -0.25) is 10.1 Å². The van der Waals surface area contributed by atoms with Crippen molar-refractivity contribution >= 4 is 29.0 Å². The zero-order valence-corrected chi connectivity index (χ0v) is 12.0. The Balaban J connectivity index is 1.98. The van der Waals surface area contributed by atoms with E-state index in [1.165, 1.54) is 15.3 Å². The van der Waals surface area contributed by atoms with Crippen LogP contribution >= 0.6 is 23.1 Å². The van der Waals surface area contributed by atoms with Crippen molar-refractivity contribution in [1.82, 2.24) is 10.6 Å². The van der Waals surface area contributed by atoms with E-state index >= 15 is 0 Å². The molecule has 2 N–H and O–H groups in total. The molecule has 2 atom stereocenters. The summed E-state index contributed by atoms with van der Waals surface area (Å²) in [4.78, 5) is 14.6. The molecule has 1 aliphatic rings. The van der Waals surface area contributed by atoms with Gasteiger partial charge in [-0.15, -0.1) is 23.1 Å². The van der Waals surface area contributed by atoms with Crippen molar-refractivity contribution < 1.29 is 4.79 Å². The minimum Gasteiger partial charge on any atom is -0.348 e. The average Bonchev–Trinajstić information content (AvgIpc) is 2.87. The summed E-state index contributed by atoms with van der Waals surface area (Å²) in [7, 11) is 0. The van der Waals surface area contributed by atoms with Crippen molar-refractivity contribution in [2.24, 2.45) is 0 Å². The molecule has 0 radical (unpaired) electrons. The molecular weight excluding hydrogens is 252 g/mol. The lowest BCUT2D eigenvalue weighted by atomic mass is 10.1. The van der Waals surface area contributed by atoms with Gasteiger partial charge in [0.25, 0.3) is 0 Å². The molecule has 94 valence electrons. The summed E-state index contributed by atoms with van der Waals surface area (Å²) in [5.74, 6) is 1.87. The molecule has 0 saturated carbocycles. The van der Waals surface area contributed by atoms with E-state index in [4.69, 9.17) is 0 Å². The SMILES string of the molecule is Cc1cc(C(C)NC(=O)C2CSCN2)c(C)s1. The monoisotopic (exact) mass is 270 g/mol. The molecule has 1 saturated heterocycles. The Morgan fingerprint density at radius 1 is 1.59 bits per heavy atom. The maximum Gasteiger partial charge on any atom is 0.238 e. The van der Waals surface area contributed by atoms with E-state index in [1.807, 2.05) is 0 Å². The normalized spacial score (nSPS) is 21.5. The molecule has 2 unspecified atom stereocenters. The van der Waals surface area contributed by atoms with E-state index in [2.05, 4.69) is 37.5 Å². The molecule has 3 nitrogen and oxygen atoms in total. The molecule has 17 heavy (non-hydrogen) atoms. The van der Waals surface area contributed by atoms with Crippen LogP contribution in [0.15, 0.2) is 6.07 Å². The quantitative estimate of drug-likeness (QED) is 0.885. The van der Waals surface area contributed by atoms with E-state index in [1.54, 1.807) is 23.1 Å². The summed E-state index contributed by atoms with van der Waals surface area (Å²) in [5.41, 5.74) is 1.24. The number of aryl methyl sites for hydroxylation is 2. The third kappa shape index (κ3) is 3.03. The maximum absolute atomic E-state index is 12.0. The molecule has 2 heterocycles. The second-order valence-electron chi connectivity index (χ2n) is 4.37. The van der Waals surface area contributed by atoms with Crippen LogP contribution in [0.1, 0.15) is 28.3 Å². The van der Waals surface area contributed by atoms with Crippen molar-refractivity contribution in [3.05, 3.63) is 21.4 Å². The van der Waals surface area contributed by atoms with E-state index in [0.717, 1.165) is 11.6 Å². The van der Waals surface area contributed by atoms with Crippen LogP contribution < -0.4 is 10.6 Å². The van der Waals surface area contributed by atoms with Crippen LogP contribution in [-0.2, 0) is 4.79 Å². The highest BCUT2D eigenvalue weighted by Crippen LogP contribution is 2.26. The summed E-state index contributed by atoms with van der Waals surface area (Å²) >= 11 is 3.56. The lowest BCUT2D eigenvalue weighted by Crippen LogP contribution is -2.42. The highest BCUT2D eigenvalue weighted by atomic mass is 32.2. The van der Waals surface area contributed by atoms with Gasteiger partial charge in [-0.2, -0.15) is 0 Å². The first-order valence-corrected chi connectivity index (χ1v) is 7.73. The standard InChI is InChI=1S/C12H18N2OS2/c1-7-4-10(9(3)17-7)8(2)14-12(15)11-5-16-6-13-11/h4,8,11,13H,5-6H2,1-3H3,(H,14,15). The van der Waals surface area contributed by atoms with Crippen molar-refractivity contribution in [3.8, 4) is 0 Å². The zero-order chi connectivity index (χ0) is 12.4. The number of nitrogens with one attached hydrogen (secondary N) is 2.